The van der Waals surface area contributed by atoms with Crippen LogP contribution in [0.4, 0.5) is 0 Å². The molecule has 3 nitrogen and oxygen atoms in total. The third-order valence-electron chi connectivity index (χ3n) is 7.08. The Morgan fingerprint density at radius 3 is 2.72 bits per heavy atom. The lowest BCUT2D eigenvalue weighted by atomic mass is 9.70. The molecule has 0 radical (unpaired) electrons. The lowest BCUT2D eigenvalue weighted by Crippen LogP contribution is -2.32. The van der Waals surface area contributed by atoms with Crippen LogP contribution in [-0.2, 0) is 22.3 Å². The van der Waals surface area contributed by atoms with Crippen molar-refractivity contribution in [2.24, 2.45) is 5.92 Å². The largest absolute Gasteiger partial charge is 0.218 e. The number of rotatable bonds is 3. The molecule has 2 unspecified atom stereocenters. The zero-order valence-corrected chi connectivity index (χ0v) is 18.6. The maximum Gasteiger partial charge on any atom is 0.218 e. The fraction of sp³-hybridized carbons (Fsp3) is 0.478. The minimum atomic E-state index is -3.44. The fourth-order valence-electron chi connectivity index (χ4n) is 5.80. The number of nitrogens with zero attached hydrogens (tertiary/aromatic N) is 1. The van der Waals surface area contributed by atoms with Crippen molar-refractivity contribution >= 4 is 33.2 Å². The summed E-state index contributed by atoms with van der Waals surface area (Å²) in [5, 5.41) is 0.832. The second-order valence-electron chi connectivity index (χ2n) is 8.78. The van der Waals surface area contributed by atoms with E-state index in [9.17, 15) is 8.42 Å². The smallest absolute Gasteiger partial charge is 0.212 e. The third kappa shape index (κ3) is 3.63. The van der Waals surface area contributed by atoms with Crippen LogP contribution in [0, 0.1) is 5.92 Å². The van der Waals surface area contributed by atoms with Gasteiger partial charge in [-0.3, -0.25) is 0 Å². The molecule has 6 heteroatoms. The molecule has 1 aliphatic heterocycles. The Kier molecular flexibility index (Phi) is 5.18. The molecule has 0 N–H and O–H groups in total. The zero-order chi connectivity index (χ0) is 20.2. The highest BCUT2D eigenvalue weighted by Gasteiger charge is 2.40. The van der Waals surface area contributed by atoms with Crippen molar-refractivity contribution < 1.29 is 8.42 Å². The maximum atomic E-state index is 13.3. The summed E-state index contributed by atoms with van der Waals surface area (Å²) in [5.74, 6) is 1.91. The minimum absolute atomic E-state index is 0.0468. The predicted molar refractivity (Wildman–Crippen MR) is 118 cm³/mol. The van der Waals surface area contributed by atoms with Gasteiger partial charge in [0.15, 0.2) is 0 Å². The van der Waals surface area contributed by atoms with E-state index in [0.717, 1.165) is 12.3 Å². The topological polar surface area (TPSA) is 37.4 Å². The maximum absolute atomic E-state index is 13.3. The Labute approximate surface area is 183 Å². The number of benzene rings is 2. The lowest BCUT2D eigenvalue weighted by molar-refractivity contribution is 0.346. The monoisotopic (exact) mass is 449 g/mol. The molecule has 3 aliphatic rings. The number of halogens is 2. The van der Waals surface area contributed by atoms with E-state index in [0.29, 0.717) is 40.5 Å². The van der Waals surface area contributed by atoms with Gasteiger partial charge in [-0.15, -0.1) is 0 Å². The van der Waals surface area contributed by atoms with Gasteiger partial charge in [-0.25, -0.2) is 8.42 Å². The number of hydrogen-bond acceptors (Lipinski definition) is 2. The van der Waals surface area contributed by atoms with Gasteiger partial charge in [0.2, 0.25) is 10.0 Å². The Bertz CT molecular complexity index is 1050. The molecule has 1 heterocycles. The van der Waals surface area contributed by atoms with Crippen LogP contribution in [0.25, 0.3) is 0 Å². The summed E-state index contributed by atoms with van der Waals surface area (Å²) in [6.07, 6.45) is 6.07. The molecule has 0 amide bonds. The minimum Gasteiger partial charge on any atom is -0.212 e. The van der Waals surface area contributed by atoms with Gasteiger partial charge in [-0.05, 0) is 77.8 Å². The molecular weight excluding hydrogens is 425 g/mol. The van der Waals surface area contributed by atoms with E-state index in [-0.39, 0.29) is 5.75 Å². The van der Waals surface area contributed by atoms with Crippen LogP contribution in [-0.4, -0.2) is 19.3 Å². The van der Waals surface area contributed by atoms with Gasteiger partial charge in [0.25, 0.3) is 0 Å². The summed E-state index contributed by atoms with van der Waals surface area (Å²) in [4.78, 5) is 0. The molecule has 2 aromatic carbocycles. The standard InChI is InChI=1S/C23H25Cl2NO2S/c24-21-8-7-15(11-22(21)25)14-29(27,28)26-10-9-17-12-16-3-1-5-19(16)20-6-2-4-18(13-26)23(17)20/h2,4,6-8,11,16-17,19H,1,3,5,9-10,12-14H2/t16?,17-,19?/m1/s1. The first kappa shape index (κ1) is 19.9. The van der Waals surface area contributed by atoms with Gasteiger partial charge in [0, 0.05) is 13.1 Å². The SMILES string of the molecule is O=S(=O)(Cc1ccc(Cl)c(Cl)c1)N1CC[C@@H]2CC3CCCC3c3cccc(c32)C1. The van der Waals surface area contributed by atoms with Crippen LogP contribution in [0.15, 0.2) is 36.4 Å². The normalized spacial score (nSPS) is 26.6. The molecule has 3 atom stereocenters. The quantitative estimate of drug-likeness (QED) is 0.567. The van der Waals surface area contributed by atoms with E-state index < -0.39 is 10.0 Å². The Morgan fingerprint density at radius 1 is 1.03 bits per heavy atom. The van der Waals surface area contributed by atoms with Crippen molar-refractivity contribution in [3.8, 4) is 0 Å². The second-order valence-corrected chi connectivity index (χ2v) is 11.6. The summed E-state index contributed by atoms with van der Waals surface area (Å²) >= 11 is 12.1. The summed E-state index contributed by atoms with van der Waals surface area (Å²) in [6.45, 7) is 1.06. The van der Waals surface area contributed by atoms with E-state index in [1.807, 2.05) is 0 Å². The molecule has 1 fully saturated rings. The molecular formula is C23H25Cl2NO2S. The molecule has 154 valence electrons. The predicted octanol–water partition coefficient (Wildman–Crippen LogP) is 6.10. The van der Waals surface area contributed by atoms with Crippen molar-refractivity contribution in [2.45, 2.75) is 56.2 Å². The van der Waals surface area contributed by atoms with Crippen LogP contribution in [0.3, 0.4) is 0 Å². The first-order valence-electron chi connectivity index (χ1n) is 10.5. The average Bonchev–Trinajstić information content (AvgIpc) is 3.07. The summed E-state index contributed by atoms with van der Waals surface area (Å²) in [6, 6.07) is 11.6. The molecule has 0 aromatic heterocycles. The van der Waals surface area contributed by atoms with E-state index in [1.165, 1.54) is 42.4 Å². The Morgan fingerprint density at radius 2 is 1.90 bits per heavy atom. The van der Waals surface area contributed by atoms with E-state index >= 15 is 0 Å². The average molecular weight is 450 g/mol. The third-order valence-corrected chi connectivity index (χ3v) is 9.62. The van der Waals surface area contributed by atoms with Crippen molar-refractivity contribution in [3.05, 3.63) is 68.7 Å². The van der Waals surface area contributed by atoms with Crippen molar-refractivity contribution in [3.63, 3.8) is 0 Å². The van der Waals surface area contributed by atoms with Gasteiger partial charge in [-0.1, -0.05) is 53.9 Å². The van der Waals surface area contributed by atoms with Crippen molar-refractivity contribution in [1.82, 2.24) is 4.31 Å². The molecule has 29 heavy (non-hydrogen) atoms. The molecule has 2 aliphatic carbocycles. The highest BCUT2D eigenvalue weighted by Crippen LogP contribution is 2.53. The number of fused-ring (bicyclic) bond motifs is 2. The molecule has 0 spiro atoms. The van der Waals surface area contributed by atoms with E-state index in [2.05, 4.69) is 18.2 Å². The first-order valence-corrected chi connectivity index (χ1v) is 12.8. The molecule has 0 saturated heterocycles. The Hall–Kier alpha value is -1.07. The van der Waals surface area contributed by atoms with Gasteiger partial charge in [0.1, 0.15) is 0 Å². The van der Waals surface area contributed by atoms with Crippen LogP contribution in [0.2, 0.25) is 10.0 Å². The van der Waals surface area contributed by atoms with Gasteiger partial charge in [0.05, 0.1) is 15.8 Å². The molecule has 5 rings (SSSR count). The molecule has 1 saturated carbocycles. The van der Waals surface area contributed by atoms with Gasteiger partial charge < -0.3 is 0 Å². The van der Waals surface area contributed by atoms with Crippen molar-refractivity contribution in [2.75, 3.05) is 6.54 Å². The summed E-state index contributed by atoms with van der Waals surface area (Å²) < 4.78 is 28.2. The Balaban J connectivity index is 1.45. The molecule has 0 bridgehead atoms. The number of sulfonamides is 1. The van der Waals surface area contributed by atoms with E-state index in [1.54, 1.807) is 22.5 Å². The van der Waals surface area contributed by atoms with Gasteiger partial charge >= 0.3 is 0 Å². The highest BCUT2D eigenvalue weighted by atomic mass is 35.5. The van der Waals surface area contributed by atoms with Crippen LogP contribution in [0.5, 0.6) is 0 Å². The second kappa shape index (κ2) is 7.56. The lowest BCUT2D eigenvalue weighted by Gasteiger charge is -2.35. The molecule has 2 aromatic rings. The van der Waals surface area contributed by atoms with Crippen LogP contribution < -0.4 is 0 Å². The summed E-state index contributed by atoms with van der Waals surface area (Å²) in [5.41, 5.74) is 4.84. The fourth-order valence-corrected chi connectivity index (χ4v) is 7.63. The van der Waals surface area contributed by atoms with Crippen molar-refractivity contribution in [1.29, 1.82) is 0 Å². The zero-order valence-electron chi connectivity index (χ0n) is 16.3. The van der Waals surface area contributed by atoms with Crippen LogP contribution >= 0.6 is 23.2 Å². The first-order chi connectivity index (χ1) is 13.9. The summed E-state index contributed by atoms with van der Waals surface area (Å²) in [7, 11) is -3.44. The van der Waals surface area contributed by atoms with E-state index in [4.69, 9.17) is 23.2 Å². The highest BCUT2D eigenvalue weighted by molar-refractivity contribution is 7.88. The van der Waals surface area contributed by atoms with Gasteiger partial charge in [-0.2, -0.15) is 4.31 Å². The van der Waals surface area contributed by atoms with Crippen LogP contribution in [0.1, 0.15) is 66.2 Å². The number of hydrogen-bond donors (Lipinski definition) is 0.